The van der Waals surface area contributed by atoms with Crippen molar-refractivity contribution >= 4 is 55.9 Å². The van der Waals surface area contributed by atoms with Crippen molar-refractivity contribution < 1.29 is 38.1 Å². The summed E-state index contributed by atoms with van der Waals surface area (Å²) >= 11 is 0. The van der Waals surface area contributed by atoms with Crippen LogP contribution in [0.15, 0.2) is 102 Å². The monoisotopic (exact) mass is 735 g/mol. The van der Waals surface area contributed by atoms with Gasteiger partial charge in [0.25, 0.3) is 0 Å². The van der Waals surface area contributed by atoms with Gasteiger partial charge in [-0.15, -0.1) is 0 Å². The van der Waals surface area contributed by atoms with Gasteiger partial charge in [-0.3, -0.25) is 4.79 Å². The van der Waals surface area contributed by atoms with Gasteiger partial charge in [-0.05, 0) is 105 Å². The van der Waals surface area contributed by atoms with Crippen LogP contribution in [0.25, 0.3) is 42.8 Å². The number of carbonyl (C=O) groups excluding carboxylic acids is 3. The molecule has 11 nitrogen and oxygen atoms in total. The fourth-order valence-corrected chi connectivity index (χ4v) is 6.70. The van der Waals surface area contributed by atoms with Crippen LogP contribution in [0.4, 0.5) is 5.69 Å². The van der Waals surface area contributed by atoms with Crippen molar-refractivity contribution in [1.82, 2.24) is 0 Å². The SMILES string of the molecule is [N-]=[N+]=Nc1ccc(C(=O)OCC(=O)Oc2cc(COC(=O)CCCc3ccc4ccc5cccc6ccc3c4c56)ccc2C#CCOC2CCCCO2)cc1. The summed E-state index contributed by atoms with van der Waals surface area (Å²) in [6.45, 7) is 0.0509. The Morgan fingerprint density at radius 3 is 2.42 bits per heavy atom. The second kappa shape index (κ2) is 17.6. The molecule has 0 aliphatic carbocycles. The van der Waals surface area contributed by atoms with Crippen LogP contribution in [0, 0.1) is 11.8 Å². The Bertz CT molecular complexity index is 2440. The molecule has 0 spiro atoms. The third-order valence-corrected chi connectivity index (χ3v) is 9.40. The maximum absolute atomic E-state index is 12.9. The summed E-state index contributed by atoms with van der Waals surface area (Å²) in [5.41, 5.74) is 11.2. The lowest BCUT2D eigenvalue weighted by molar-refractivity contribution is -0.154. The number of esters is 3. The second-order valence-corrected chi connectivity index (χ2v) is 13.1. The maximum atomic E-state index is 12.9. The first kappa shape index (κ1) is 36.9. The fourth-order valence-electron chi connectivity index (χ4n) is 6.70. The predicted octanol–water partition coefficient (Wildman–Crippen LogP) is 9.25. The highest BCUT2D eigenvalue weighted by Crippen LogP contribution is 2.36. The van der Waals surface area contributed by atoms with E-state index < -0.39 is 18.5 Å². The van der Waals surface area contributed by atoms with Gasteiger partial charge in [0, 0.05) is 23.6 Å². The van der Waals surface area contributed by atoms with E-state index in [1.165, 1.54) is 62.1 Å². The van der Waals surface area contributed by atoms with Gasteiger partial charge in [0.1, 0.15) is 19.0 Å². The third-order valence-electron chi connectivity index (χ3n) is 9.40. The van der Waals surface area contributed by atoms with Crippen LogP contribution in [-0.4, -0.2) is 44.0 Å². The molecule has 0 N–H and O–H groups in total. The molecule has 1 unspecified atom stereocenters. The molecule has 6 aromatic carbocycles. The highest BCUT2D eigenvalue weighted by Gasteiger charge is 2.17. The van der Waals surface area contributed by atoms with Gasteiger partial charge >= 0.3 is 17.9 Å². The van der Waals surface area contributed by atoms with Gasteiger partial charge in [0.2, 0.25) is 0 Å². The first-order valence-electron chi connectivity index (χ1n) is 18.1. The zero-order chi connectivity index (χ0) is 38.0. The first-order chi connectivity index (χ1) is 26.9. The van der Waals surface area contributed by atoms with E-state index in [1.807, 2.05) is 0 Å². The van der Waals surface area contributed by atoms with E-state index in [0.717, 1.165) is 25.7 Å². The number of ether oxygens (including phenoxy) is 5. The predicted molar refractivity (Wildman–Crippen MR) is 207 cm³/mol. The zero-order valence-electron chi connectivity index (χ0n) is 30.0. The van der Waals surface area contributed by atoms with Crippen molar-refractivity contribution in [3.63, 3.8) is 0 Å². The molecule has 1 fully saturated rings. The van der Waals surface area contributed by atoms with Crippen molar-refractivity contribution in [2.45, 2.75) is 51.4 Å². The van der Waals surface area contributed by atoms with E-state index >= 15 is 0 Å². The van der Waals surface area contributed by atoms with Crippen molar-refractivity contribution in [1.29, 1.82) is 0 Å². The van der Waals surface area contributed by atoms with Gasteiger partial charge in [-0.25, -0.2) is 9.59 Å². The molecule has 276 valence electrons. The molecule has 1 saturated heterocycles. The van der Waals surface area contributed by atoms with Crippen LogP contribution in [0.5, 0.6) is 5.75 Å². The summed E-state index contributed by atoms with van der Waals surface area (Å²) in [7, 11) is 0. The third kappa shape index (κ3) is 9.21. The summed E-state index contributed by atoms with van der Waals surface area (Å²) in [4.78, 5) is 40.9. The molecular weight excluding hydrogens is 698 g/mol. The zero-order valence-corrected chi connectivity index (χ0v) is 30.0. The summed E-state index contributed by atoms with van der Waals surface area (Å²) in [5.74, 6) is 4.08. The second-order valence-electron chi connectivity index (χ2n) is 13.1. The number of hydrogen-bond acceptors (Lipinski definition) is 9. The van der Waals surface area contributed by atoms with Gasteiger partial charge in [-0.1, -0.05) is 89.8 Å². The van der Waals surface area contributed by atoms with E-state index in [-0.39, 0.29) is 43.2 Å². The van der Waals surface area contributed by atoms with Crippen LogP contribution in [0.2, 0.25) is 0 Å². The number of benzene rings is 6. The van der Waals surface area contributed by atoms with Crippen molar-refractivity contribution in [3.8, 4) is 17.6 Å². The van der Waals surface area contributed by atoms with Gasteiger partial charge < -0.3 is 23.7 Å². The van der Waals surface area contributed by atoms with Crippen LogP contribution >= 0.6 is 0 Å². The molecule has 1 atom stereocenters. The van der Waals surface area contributed by atoms with Crippen LogP contribution in [-0.2, 0) is 41.6 Å². The van der Waals surface area contributed by atoms with Crippen LogP contribution in [0.1, 0.15) is 59.2 Å². The Labute approximate surface area is 317 Å². The number of rotatable bonds is 13. The first-order valence-corrected chi connectivity index (χ1v) is 18.1. The minimum atomic E-state index is -0.838. The molecule has 0 aromatic heterocycles. The molecule has 0 bridgehead atoms. The smallest absolute Gasteiger partial charge is 0.349 e. The summed E-state index contributed by atoms with van der Waals surface area (Å²) < 4.78 is 27.6. The number of azide groups is 1. The molecular formula is C44H37N3O8. The minimum absolute atomic E-state index is 0.0429. The quantitative estimate of drug-likeness (QED) is 0.0217. The largest absolute Gasteiger partial charge is 0.461 e. The molecule has 11 heteroatoms. The summed E-state index contributed by atoms with van der Waals surface area (Å²) in [6.07, 6.45) is 4.10. The normalized spacial score (nSPS) is 13.9. The lowest BCUT2D eigenvalue weighted by Crippen LogP contribution is -2.22. The van der Waals surface area contributed by atoms with E-state index in [0.29, 0.717) is 29.8 Å². The Hall–Kier alpha value is -6.44. The van der Waals surface area contributed by atoms with E-state index in [1.54, 1.807) is 18.2 Å². The number of carbonyl (C=O) groups is 3. The molecule has 1 aliphatic rings. The Morgan fingerprint density at radius 2 is 1.64 bits per heavy atom. The number of nitrogens with zero attached hydrogens (tertiary/aromatic N) is 3. The van der Waals surface area contributed by atoms with Crippen LogP contribution in [0.3, 0.4) is 0 Å². The van der Waals surface area contributed by atoms with Gasteiger partial charge in [-0.2, -0.15) is 0 Å². The Kier molecular flexibility index (Phi) is 11.8. The fraction of sp³-hybridized carbons (Fsp3) is 0.250. The Balaban J connectivity index is 0.966. The molecule has 55 heavy (non-hydrogen) atoms. The number of hydrogen-bond donors (Lipinski definition) is 0. The lowest BCUT2D eigenvalue weighted by atomic mass is 9.90. The molecule has 0 saturated carbocycles. The highest BCUT2D eigenvalue weighted by molar-refractivity contribution is 6.23. The summed E-state index contributed by atoms with van der Waals surface area (Å²) in [6, 6.07) is 30.0. The average molecular weight is 736 g/mol. The van der Waals surface area contributed by atoms with Crippen molar-refractivity contribution in [2.75, 3.05) is 19.8 Å². The van der Waals surface area contributed by atoms with Gasteiger partial charge in [0.05, 0.1) is 11.1 Å². The number of aryl methyl sites for hydroxylation is 1. The highest BCUT2D eigenvalue weighted by atomic mass is 16.7. The van der Waals surface area contributed by atoms with E-state index in [9.17, 15) is 14.4 Å². The standard InChI is InChI=1S/C44H37N3O8/c45-47-46-36-21-18-35(19-22-36)44(50)54-28-40(49)55-38-26-29(12-13-31(38)9-5-25-52-41-11-1-2-24-51-41)27-53-39(48)10-4-6-30-14-15-34-17-16-32-7-3-8-33-20-23-37(30)43(34)42(32)33/h3,7-8,12-23,26,41H,1-2,4,6,10-11,24-25,27-28H2. The Morgan fingerprint density at radius 1 is 0.855 bits per heavy atom. The van der Waals surface area contributed by atoms with Crippen molar-refractivity contribution in [2.24, 2.45) is 5.11 Å². The summed E-state index contributed by atoms with van der Waals surface area (Å²) in [5, 5.41) is 10.8. The maximum Gasteiger partial charge on any atom is 0.349 e. The van der Waals surface area contributed by atoms with Gasteiger partial charge in [0.15, 0.2) is 12.9 Å². The molecule has 7 rings (SSSR count). The average Bonchev–Trinajstić information content (AvgIpc) is 3.21. The van der Waals surface area contributed by atoms with E-state index in [4.69, 9.17) is 29.2 Å². The van der Waals surface area contributed by atoms with Crippen LogP contribution < -0.4 is 4.74 Å². The molecule has 1 aliphatic heterocycles. The minimum Gasteiger partial charge on any atom is -0.461 e. The van der Waals surface area contributed by atoms with Crippen molar-refractivity contribution in [3.05, 3.63) is 130 Å². The molecule has 1 heterocycles. The molecule has 6 aromatic rings. The molecule has 0 radical (unpaired) electrons. The topological polar surface area (TPSA) is 146 Å². The lowest BCUT2D eigenvalue weighted by Gasteiger charge is -2.21. The molecule has 0 amide bonds. The van der Waals surface area contributed by atoms with E-state index in [2.05, 4.69) is 76.5 Å².